The van der Waals surface area contributed by atoms with E-state index in [0.717, 1.165) is 0 Å². The predicted molar refractivity (Wildman–Crippen MR) is 72.3 cm³/mol. The number of aliphatic hydroxyl groups is 1. The molecule has 1 unspecified atom stereocenters. The first-order valence-electron chi connectivity index (χ1n) is 5.47. The van der Waals surface area contributed by atoms with Crippen LogP contribution in [0.15, 0.2) is 18.2 Å². The minimum absolute atomic E-state index is 0.149. The summed E-state index contributed by atoms with van der Waals surface area (Å²) in [6, 6.07) is 4.73. The SMILES string of the molecule is CCOP(=O)(OCC)C(O)c1c(Cl)cccc1Cl. The van der Waals surface area contributed by atoms with Crippen molar-refractivity contribution in [3.63, 3.8) is 0 Å². The molecule has 0 saturated heterocycles. The number of rotatable bonds is 6. The van der Waals surface area contributed by atoms with E-state index in [-0.39, 0.29) is 28.8 Å². The zero-order valence-electron chi connectivity index (χ0n) is 10.1. The first-order valence-corrected chi connectivity index (χ1v) is 7.83. The Bertz CT molecular complexity index is 422. The summed E-state index contributed by atoms with van der Waals surface area (Å²) in [5.41, 5.74) is 0.158. The molecule has 1 aromatic rings. The Balaban J connectivity index is 3.17. The van der Waals surface area contributed by atoms with Crippen molar-refractivity contribution < 1.29 is 18.7 Å². The molecule has 4 nitrogen and oxygen atoms in total. The van der Waals surface area contributed by atoms with Gasteiger partial charge < -0.3 is 14.2 Å². The van der Waals surface area contributed by atoms with E-state index < -0.39 is 13.4 Å². The van der Waals surface area contributed by atoms with Crippen LogP contribution in [0.2, 0.25) is 10.0 Å². The van der Waals surface area contributed by atoms with Crippen molar-refractivity contribution in [1.82, 2.24) is 0 Å². The van der Waals surface area contributed by atoms with E-state index in [9.17, 15) is 9.67 Å². The maximum atomic E-state index is 12.4. The van der Waals surface area contributed by atoms with E-state index >= 15 is 0 Å². The van der Waals surface area contributed by atoms with Gasteiger partial charge in [0.15, 0.2) is 5.85 Å². The van der Waals surface area contributed by atoms with Gasteiger partial charge in [0.25, 0.3) is 0 Å². The summed E-state index contributed by atoms with van der Waals surface area (Å²) in [4.78, 5) is 0. The second-order valence-corrected chi connectivity index (χ2v) is 6.28. The molecule has 0 radical (unpaired) electrons. The van der Waals surface area contributed by atoms with E-state index in [0.29, 0.717) is 0 Å². The third-order valence-corrected chi connectivity index (χ3v) is 4.93. The van der Waals surface area contributed by atoms with Crippen LogP contribution >= 0.6 is 30.8 Å². The molecule has 0 bridgehead atoms. The summed E-state index contributed by atoms with van der Waals surface area (Å²) >= 11 is 11.9. The Morgan fingerprint density at radius 1 is 1.22 bits per heavy atom. The monoisotopic (exact) mass is 312 g/mol. The van der Waals surface area contributed by atoms with E-state index in [1.54, 1.807) is 32.0 Å². The molecule has 0 aromatic heterocycles. The summed E-state index contributed by atoms with van der Waals surface area (Å²) in [7, 11) is -3.70. The van der Waals surface area contributed by atoms with Crippen molar-refractivity contribution in [2.24, 2.45) is 0 Å². The highest BCUT2D eigenvalue weighted by Gasteiger charge is 2.37. The first-order chi connectivity index (χ1) is 8.46. The molecule has 102 valence electrons. The van der Waals surface area contributed by atoms with Gasteiger partial charge in [-0.1, -0.05) is 29.3 Å². The Kier molecular flexibility index (Phi) is 6.12. The molecule has 1 rings (SSSR count). The molecule has 0 spiro atoms. The third-order valence-electron chi connectivity index (χ3n) is 2.18. The zero-order valence-corrected chi connectivity index (χ0v) is 12.5. The molecule has 0 aliphatic carbocycles. The normalized spacial score (nSPS) is 13.6. The van der Waals surface area contributed by atoms with E-state index in [2.05, 4.69) is 0 Å². The lowest BCUT2D eigenvalue weighted by Gasteiger charge is -2.23. The van der Waals surface area contributed by atoms with Crippen LogP contribution in [0.1, 0.15) is 25.3 Å². The summed E-state index contributed by atoms with van der Waals surface area (Å²) in [5, 5.41) is 10.6. The quantitative estimate of drug-likeness (QED) is 0.798. The maximum Gasteiger partial charge on any atom is 0.363 e. The van der Waals surface area contributed by atoms with Crippen LogP contribution in [0.4, 0.5) is 0 Å². The Hall–Kier alpha value is -0.0900. The largest absolute Gasteiger partial charge is 0.376 e. The fourth-order valence-corrected chi connectivity index (χ4v) is 3.88. The van der Waals surface area contributed by atoms with Crippen molar-refractivity contribution in [2.45, 2.75) is 19.7 Å². The first kappa shape index (κ1) is 16.0. The van der Waals surface area contributed by atoms with Gasteiger partial charge in [-0.2, -0.15) is 0 Å². The topological polar surface area (TPSA) is 55.8 Å². The summed E-state index contributed by atoms with van der Waals surface area (Å²) < 4.78 is 22.5. The molecule has 1 atom stereocenters. The number of benzene rings is 1. The average Bonchev–Trinajstić information content (AvgIpc) is 2.29. The fraction of sp³-hybridized carbons (Fsp3) is 0.455. The van der Waals surface area contributed by atoms with Gasteiger partial charge in [-0.05, 0) is 26.0 Å². The second kappa shape index (κ2) is 6.90. The van der Waals surface area contributed by atoms with Gasteiger partial charge in [0, 0.05) is 15.6 Å². The molecule has 0 fully saturated rings. The number of halogens is 2. The highest BCUT2D eigenvalue weighted by molar-refractivity contribution is 7.54. The van der Waals surface area contributed by atoms with Crippen LogP contribution in [0.25, 0.3) is 0 Å². The fourth-order valence-electron chi connectivity index (χ4n) is 1.45. The molecule has 0 saturated carbocycles. The van der Waals surface area contributed by atoms with Gasteiger partial charge >= 0.3 is 7.60 Å². The lowest BCUT2D eigenvalue weighted by Crippen LogP contribution is -2.07. The number of hydrogen-bond donors (Lipinski definition) is 1. The Labute approximate surface area is 116 Å². The van der Waals surface area contributed by atoms with Crippen molar-refractivity contribution >= 4 is 30.8 Å². The van der Waals surface area contributed by atoms with Crippen LogP contribution in [0.5, 0.6) is 0 Å². The van der Waals surface area contributed by atoms with Crippen molar-refractivity contribution in [3.8, 4) is 0 Å². The molecule has 0 aliphatic rings. The van der Waals surface area contributed by atoms with Crippen LogP contribution in [-0.2, 0) is 13.6 Å². The van der Waals surface area contributed by atoms with Crippen molar-refractivity contribution in [3.05, 3.63) is 33.8 Å². The van der Waals surface area contributed by atoms with Gasteiger partial charge in [0.1, 0.15) is 0 Å². The van der Waals surface area contributed by atoms with Gasteiger partial charge in [0.05, 0.1) is 13.2 Å². The second-order valence-electron chi connectivity index (χ2n) is 3.38. The lowest BCUT2D eigenvalue weighted by atomic mass is 10.2. The van der Waals surface area contributed by atoms with Gasteiger partial charge in [0.2, 0.25) is 0 Å². The predicted octanol–water partition coefficient (Wildman–Crippen LogP) is 4.25. The molecule has 0 aliphatic heterocycles. The summed E-state index contributed by atoms with van der Waals surface area (Å²) in [6.07, 6.45) is 0. The van der Waals surface area contributed by atoms with Crippen LogP contribution < -0.4 is 0 Å². The molecule has 1 N–H and O–H groups in total. The minimum Gasteiger partial charge on any atom is -0.376 e. The summed E-state index contributed by atoms with van der Waals surface area (Å²) in [6.45, 7) is 3.62. The van der Waals surface area contributed by atoms with Crippen molar-refractivity contribution in [2.75, 3.05) is 13.2 Å². The standard InChI is InChI=1S/C11H15Cl2O4P/c1-3-16-18(15,17-4-2)11(14)10-8(12)6-5-7-9(10)13/h5-7,11,14H,3-4H2,1-2H3. The molecule has 0 heterocycles. The number of aliphatic hydroxyl groups excluding tert-OH is 1. The minimum atomic E-state index is -3.70. The molecular weight excluding hydrogens is 298 g/mol. The Morgan fingerprint density at radius 3 is 2.06 bits per heavy atom. The van der Waals surface area contributed by atoms with Crippen molar-refractivity contribution in [1.29, 1.82) is 0 Å². The molecule has 0 amide bonds. The summed E-state index contributed by atoms with van der Waals surface area (Å²) in [5.74, 6) is -1.50. The molecule has 18 heavy (non-hydrogen) atoms. The highest BCUT2D eigenvalue weighted by atomic mass is 35.5. The van der Waals surface area contributed by atoms with Crippen LogP contribution in [0.3, 0.4) is 0 Å². The number of hydrogen-bond acceptors (Lipinski definition) is 4. The lowest BCUT2D eigenvalue weighted by molar-refractivity contribution is 0.150. The highest BCUT2D eigenvalue weighted by Crippen LogP contribution is 2.61. The maximum absolute atomic E-state index is 12.4. The average molecular weight is 313 g/mol. The molecule has 7 heteroatoms. The smallest absolute Gasteiger partial charge is 0.363 e. The van der Waals surface area contributed by atoms with E-state index in [1.807, 2.05) is 0 Å². The Morgan fingerprint density at radius 2 is 1.67 bits per heavy atom. The van der Waals surface area contributed by atoms with Gasteiger partial charge in [-0.15, -0.1) is 0 Å². The van der Waals surface area contributed by atoms with Crippen LogP contribution in [-0.4, -0.2) is 18.3 Å². The van der Waals surface area contributed by atoms with Crippen LogP contribution in [0, 0.1) is 0 Å². The third kappa shape index (κ3) is 3.47. The van der Waals surface area contributed by atoms with E-state index in [4.69, 9.17) is 32.2 Å². The van der Waals surface area contributed by atoms with E-state index in [1.165, 1.54) is 0 Å². The zero-order chi connectivity index (χ0) is 13.8. The van der Waals surface area contributed by atoms with Gasteiger partial charge in [-0.3, -0.25) is 4.57 Å². The molecule has 1 aromatic carbocycles. The van der Waals surface area contributed by atoms with Gasteiger partial charge in [-0.25, -0.2) is 0 Å². The molecular formula is C11H15Cl2O4P.